The van der Waals surface area contributed by atoms with Crippen molar-refractivity contribution in [1.29, 1.82) is 0 Å². The molecule has 0 radical (unpaired) electrons. The molecule has 28 heavy (non-hydrogen) atoms. The van der Waals surface area contributed by atoms with Crippen LogP contribution in [0.5, 0.6) is 5.75 Å². The van der Waals surface area contributed by atoms with Gasteiger partial charge in [-0.05, 0) is 38.5 Å². The summed E-state index contributed by atoms with van der Waals surface area (Å²) in [6.07, 6.45) is 2.52. The van der Waals surface area contributed by atoms with E-state index in [9.17, 15) is 4.79 Å². The first-order valence-corrected chi connectivity index (χ1v) is 10.1. The fraction of sp³-hybridized carbons (Fsp3) is 0.350. The molecule has 0 aliphatic rings. The molecule has 0 unspecified atom stereocenters. The van der Waals surface area contributed by atoms with Crippen LogP contribution in [0.3, 0.4) is 0 Å². The average molecular weight is 401 g/mol. The fourth-order valence-electron chi connectivity index (χ4n) is 2.69. The summed E-state index contributed by atoms with van der Waals surface area (Å²) in [5, 5.41) is 12.3. The largest absolute Gasteiger partial charge is 0.497 e. The van der Waals surface area contributed by atoms with Crippen LogP contribution in [0.4, 0.5) is 0 Å². The number of aromatic nitrogens is 3. The summed E-state index contributed by atoms with van der Waals surface area (Å²) in [4.78, 5) is 12.2. The summed E-state index contributed by atoms with van der Waals surface area (Å²) in [6, 6.07) is 9.65. The molecular weight excluding hydrogens is 376 g/mol. The van der Waals surface area contributed by atoms with Crippen LogP contribution in [0.15, 0.2) is 46.2 Å². The number of thioether (sulfide) groups is 1. The van der Waals surface area contributed by atoms with E-state index < -0.39 is 0 Å². The lowest BCUT2D eigenvalue weighted by atomic mass is 10.2. The molecule has 3 rings (SSSR count). The standard InChI is InChI=1S/C20H24N4O3S/c1-5-13(2)21-18(25)12-28-20-23-22-19(17-9-10-27-14(17)3)24(20)15-7-6-8-16(11-15)26-4/h6-11,13H,5,12H2,1-4H3,(H,21,25)/t13-/m1/s1. The van der Waals surface area contributed by atoms with Gasteiger partial charge in [0.2, 0.25) is 5.91 Å². The number of hydrogen-bond acceptors (Lipinski definition) is 6. The monoisotopic (exact) mass is 400 g/mol. The highest BCUT2D eigenvalue weighted by molar-refractivity contribution is 7.99. The lowest BCUT2D eigenvalue weighted by molar-refractivity contribution is -0.119. The lowest BCUT2D eigenvalue weighted by Gasteiger charge is -2.13. The number of furan rings is 1. The molecule has 2 heterocycles. The van der Waals surface area contributed by atoms with Crippen LogP contribution >= 0.6 is 11.8 Å². The Labute approximate surface area is 168 Å². The maximum atomic E-state index is 12.2. The molecule has 0 spiro atoms. The van der Waals surface area contributed by atoms with Gasteiger partial charge in [-0.3, -0.25) is 9.36 Å². The van der Waals surface area contributed by atoms with Crippen molar-refractivity contribution in [3.63, 3.8) is 0 Å². The van der Waals surface area contributed by atoms with Gasteiger partial charge in [-0.2, -0.15) is 0 Å². The van der Waals surface area contributed by atoms with E-state index in [1.165, 1.54) is 11.8 Å². The molecule has 0 bridgehead atoms. The normalized spacial score (nSPS) is 12.0. The van der Waals surface area contributed by atoms with E-state index in [-0.39, 0.29) is 17.7 Å². The minimum absolute atomic E-state index is 0.0272. The number of rotatable bonds is 8. The third kappa shape index (κ3) is 4.39. The van der Waals surface area contributed by atoms with Crippen molar-refractivity contribution < 1.29 is 13.9 Å². The summed E-state index contributed by atoms with van der Waals surface area (Å²) in [5.41, 5.74) is 1.70. The van der Waals surface area contributed by atoms with Gasteiger partial charge in [-0.1, -0.05) is 24.8 Å². The third-order valence-corrected chi connectivity index (χ3v) is 5.33. The van der Waals surface area contributed by atoms with Crippen molar-refractivity contribution in [1.82, 2.24) is 20.1 Å². The van der Waals surface area contributed by atoms with Gasteiger partial charge < -0.3 is 14.5 Å². The van der Waals surface area contributed by atoms with Gasteiger partial charge in [0.05, 0.1) is 30.4 Å². The molecule has 8 heteroatoms. The Morgan fingerprint density at radius 1 is 1.36 bits per heavy atom. The molecular formula is C20H24N4O3S. The second kappa shape index (κ2) is 8.97. The number of nitrogens with zero attached hydrogens (tertiary/aromatic N) is 3. The van der Waals surface area contributed by atoms with Crippen LogP contribution in [-0.2, 0) is 4.79 Å². The second-order valence-electron chi connectivity index (χ2n) is 6.40. The molecule has 0 saturated carbocycles. The first kappa shape index (κ1) is 20.0. The van der Waals surface area contributed by atoms with Crippen LogP contribution in [0.2, 0.25) is 0 Å². The van der Waals surface area contributed by atoms with Gasteiger partial charge in [0.1, 0.15) is 11.5 Å². The van der Waals surface area contributed by atoms with E-state index in [1.807, 2.05) is 55.7 Å². The van der Waals surface area contributed by atoms with Gasteiger partial charge in [0.25, 0.3) is 0 Å². The van der Waals surface area contributed by atoms with E-state index in [0.29, 0.717) is 11.0 Å². The Balaban J connectivity index is 1.95. The van der Waals surface area contributed by atoms with Crippen molar-refractivity contribution in [2.24, 2.45) is 0 Å². The number of methoxy groups -OCH3 is 1. The maximum absolute atomic E-state index is 12.2. The zero-order valence-corrected chi connectivity index (χ0v) is 17.2. The van der Waals surface area contributed by atoms with Gasteiger partial charge in [0.15, 0.2) is 11.0 Å². The van der Waals surface area contributed by atoms with Crippen molar-refractivity contribution in [3.8, 4) is 22.8 Å². The minimum atomic E-state index is -0.0272. The summed E-state index contributed by atoms with van der Waals surface area (Å²) < 4.78 is 12.7. The molecule has 1 N–H and O–H groups in total. The van der Waals surface area contributed by atoms with Crippen LogP contribution in [0.25, 0.3) is 17.1 Å². The smallest absolute Gasteiger partial charge is 0.230 e. The Hall–Kier alpha value is -2.74. The Kier molecular flexibility index (Phi) is 6.41. The molecule has 0 aliphatic carbocycles. The molecule has 3 aromatic rings. The molecule has 1 atom stereocenters. The van der Waals surface area contributed by atoms with E-state index in [0.717, 1.165) is 29.2 Å². The maximum Gasteiger partial charge on any atom is 0.230 e. The number of aryl methyl sites for hydroxylation is 1. The molecule has 7 nitrogen and oxygen atoms in total. The van der Waals surface area contributed by atoms with Crippen molar-refractivity contribution >= 4 is 17.7 Å². The van der Waals surface area contributed by atoms with Crippen LogP contribution in [-0.4, -0.2) is 39.6 Å². The van der Waals surface area contributed by atoms with E-state index in [2.05, 4.69) is 15.5 Å². The van der Waals surface area contributed by atoms with Crippen LogP contribution in [0, 0.1) is 6.92 Å². The first-order valence-electron chi connectivity index (χ1n) is 9.10. The fourth-order valence-corrected chi connectivity index (χ4v) is 3.45. The SMILES string of the molecule is CC[C@@H](C)NC(=O)CSc1nnc(-c2ccoc2C)n1-c1cccc(OC)c1. The number of ether oxygens (including phenoxy) is 1. The number of benzene rings is 1. The van der Waals surface area contributed by atoms with Gasteiger partial charge in [-0.15, -0.1) is 10.2 Å². The summed E-state index contributed by atoms with van der Waals surface area (Å²) in [7, 11) is 1.63. The van der Waals surface area contributed by atoms with E-state index in [4.69, 9.17) is 9.15 Å². The zero-order valence-electron chi connectivity index (χ0n) is 16.4. The molecule has 0 saturated heterocycles. The number of carbonyl (C=O) groups is 1. The summed E-state index contributed by atoms with van der Waals surface area (Å²) in [6.45, 7) is 5.91. The summed E-state index contributed by atoms with van der Waals surface area (Å²) >= 11 is 1.35. The average Bonchev–Trinajstić information content (AvgIpc) is 3.31. The van der Waals surface area contributed by atoms with Crippen molar-refractivity contribution in [3.05, 3.63) is 42.4 Å². The lowest BCUT2D eigenvalue weighted by Crippen LogP contribution is -2.33. The molecule has 1 aromatic carbocycles. The Morgan fingerprint density at radius 2 is 2.18 bits per heavy atom. The quantitative estimate of drug-likeness (QED) is 0.579. The predicted molar refractivity (Wildman–Crippen MR) is 109 cm³/mol. The Morgan fingerprint density at radius 3 is 2.86 bits per heavy atom. The molecule has 0 aliphatic heterocycles. The zero-order chi connectivity index (χ0) is 20.1. The topological polar surface area (TPSA) is 82.2 Å². The number of nitrogens with one attached hydrogen (secondary N) is 1. The van der Waals surface area contributed by atoms with Gasteiger partial charge in [0, 0.05) is 12.1 Å². The summed E-state index contributed by atoms with van der Waals surface area (Å²) in [5.74, 6) is 2.37. The number of amides is 1. The number of carbonyl (C=O) groups excluding carboxylic acids is 1. The second-order valence-corrected chi connectivity index (χ2v) is 7.34. The number of hydrogen-bond donors (Lipinski definition) is 1. The van der Waals surface area contributed by atoms with Crippen LogP contribution < -0.4 is 10.1 Å². The Bertz CT molecular complexity index is 951. The molecule has 1 amide bonds. The first-order chi connectivity index (χ1) is 13.5. The molecule has 148 valence electrons. The van der Waals surface area contributed by atoms with Crippen molar-refractivity contribution in [2.75, 3.05) is 12.9 Å². The highest BCUT2D eigenvalue weighted by atomic mass is 32.2. The van der Waals surface area contributed by atoms with Crippen molar-refractivity contribution in [2.45, 2.75) is 38.4 Å². The third-order valence-electron chi connectivity index (χ3n) is 4.40. The van der Waals surface area contributed by atoms with E-state index >= 15 is 0 Å². The molecule has 0 fully saturated rings. The molecule has 2 aromatic heterocycles. The van der Waals surface area contributed by atoms with Gasteiger partial charge in [-0.25, -0.2) is 0 Å². The van der Waals surface area contributed by atoms with Gasteiger partial charge >= 0.3 is 0 Å². The highest BCUT2D eigenvalue weighted by Gasteiger charge is 2.20. The van der Waals surface area contributed by atoms with E-state index in [1.54, 1.807) is 13.4 Å². The minimum Gasteiger partial charge on any atom is -0.497 e. The highest BCUT2D eigenvalue weighted by Crippen LogP contribution is 2.31. The van der Waals surface area contributed by atoms with Crippen LogP contribution in [0.1, 0.15) is 26.0 Å². The predicted octanol–water partition coefficient (Wildman–Crippen LogP) is 3.85.